The minimum absolute atomic E-state index is 0.108. The summed E-state index contributed by atoms with van der Waals surface area (Å²) in [5.41, 5.74) is 1.32. The van der Waals surface area contributed by atoms with Crippen LogP contribution in [0, 0.1) is 5.21 Å². The molecule has 0 saturated carbocycles. The lowest BCUT2D eigenvalue weighted by atomic mass is 10.0. The number of hydrogen-bond donors (Lipinski definition) is 0. The predicted octanol–water partition coefficient (Wildman–Crippen LogP) is 3.29. The van der Waals surface area contributed by atoms with Gasteiger partial charge in [-0.1, -0.05) is 18.2 Å². The lowest BCUT2D eigenvalue weighted by molar-refractivity contribution is -0.355. The molecule has 0 unspecified atom stereocenters. The summed E-state index contributed by atoms with van der Waals surface area (Å²) < 4.78 is 6.55. The molecule has 4 nitrogen and oxygen atoms in total. The van der Waals surface area contributed by atoms with E-state index in [0.29, 0.717) is 31.8 Å². The maximum absolute atomic E-state index is 12.6. The molecule has 0 fully saturated rings. The summed E-state index contributed by atoms with van der Waals surface area (Å²) in [7, 11) is 1.48. The van der Waals surface area contributed by atoms with Crippen LogP contribution in [0.15, 0.2) is 46.9 Å². The van der Waals surface area contributed by atoms with Gasteiger partial charge in [-0.2, -0.15) is 4.74 Å². The maximum atomic E-state index is 12.6. The minimum atomic E-state index is -0.320. The van der Waals surface area contributed by atoms with Gasteiger partial charge >= 0.3 is 0 Å². The molecule has 5 heteroatoms. The van der Waals surface area contributed by atoms with E-state index in [4.69, 9.17) is 4.74 Å². The molecule has 0 amide bonds. The molecule has 0 saturated heterocycles. The molecule has 0 atom stereocenters. The van der Waals surface area contributed by atoms with Gasteiger partial charge in [0.15, 0.2) is 0 Å². The van der Waals surface area contributed by atoms with Crippen LogP contribution in [0.25, 0.3) is 0 Å². The maximum Gasteiger partial charge on any atom is 0.274 e. The molecular formula is C15H10BrNO3. The van der Waals surface area contributed by atoms with Crippen molar-refractivity contribution in [3.8, 4) is 5.75 Å². The number of benzene rings is 2. The van der Waals surface area contributed by atoms with E-state index < -0.39 is 0 Å². The van der Waals surface area contributed by atoms with E-state index in [1.54, 1.807) is 36.4 Å². The van der Waals surface area contributed by atoms with E-state index in [1.165, 1.54) is 7.11 Å². The Balaban J connectivity index is 2.24. The number of ketones is 1. The van der Waals surface area contributed by atoms with Crippen LogP contribution in [0.2, 0.25) is 0 Å². The standard InChI is InChI=1S/C15H10BrNO3/c1-20-12-8-4-7-11-13(12)15(18)14(17(11)19)9-5-2-3-6-10(9)16/h2-8H,1H3. The van der Waals surface area contributed by atoms with Gasteiger partial charge in [0.2, 0.25) is 5.69 Å². The summed E-state index contributed by atoms with van der Waals surface area (Å²) in [5.74, 6) is 0.0924. The van der Waals surface area contributed by atoms with Gasteiger partial charge in [-0.25, -0.2) is 0 Å². The molecule has 1 aliphatic rings. The zero-order chi connectivity index (χ0) is 14.3. The molecule has 3 rings (SSSR count). The largest absolute Gasteiger partial charge is 0.618 e. The number of halogens is 1. The topological polar surface area (TPSA) is 52.4 Å². The Kier molecular flexibility index (Phi) is 3.06. The van der Waals surface area contributed by atoms with Crippen LogP contribution in [0.3, 0.4) is 0 Å². The number of hydrogen-bond acceptors (Lipinski definition) is 3. The second kappa shape index (κ2) is 4.76. The normalized spacial score (nSPS) is 13.6. The Hall–Kier alpha value is -2.14. The van der Waals surface area contributed by atoms with E-state index in [1.807, 2.05) is 6.07 Å². The third-order valence-corrected chi connectivity index (χ3v) is 3.91. The van der Waals surface area contributed by atoms with Crippen molar-refractivity contribution in [3.05, 3.63) is 63.3 Å². The quantitative estimate of drug-likeness (QED) is 0.626. The van der Waals surface area contributed by atoms with Gasteiger partial charge in [0.1, 0.15) is 11.3 Å². The number of methoxy groups -OCH3 is 1. The SMILES string of the molecule is COc1cccc2c1C(=O)C(c1ccccc1Br)=[N+]2[O-]. The van der Waals surface area contributed by atoms with Crippen molar-refractivity contribution in [2.45, 2.75) is 0 Å². The van der Waals surface area contributed by atoms with Crippen LogP contribution in [0.5, 0.6) is 5.75 Å². The van der Waals surface area contributed by atoms with Crippen molar-refractivity contribution in [3.63, 3.8) is 0 Å². The molecule has 0 radical (unpaired) electrons. The molecule has 2 aromatic carbocycles. The van der Waals surface area contributed by atoms with E-state index in [9.17, 15) is 10.0 Å². The van der Waals surface area contributed by atoms with Crippen molar-refractivity contribution in [1.29, 1.82) is 0 Å². The van der Waals surface area contributed by atoms with Crippen LogP contribution >= 0.6 is 15.9 Å². The minimum Gasteiger partial charge on any atom is -0.618 e. The van der Waals surface area contributed by atoms with Crippen LogP contribution < -0.4 is 4.74 Å². The summed E-state index contributed by atoms with van der Waals surface area (Å²) in [4.78, 5) is 12.6. The lowest BCUT2D eigenvalue weighted by Gasteiger charge is -2.03. The number of Topliss-reactive ketones (excluding diaryl/α,β-unsaturated/α-hetero) is 1. The molecule has 100 valence electrons. The van der Waals surface area contributed by atoms with Gasteiger partial charge in [0.05, 0.1) is 12.7 Å². The lowest BCUT2D eigenvalue weighted by Crippen LogP contribution is -2.17. The first-order valence-electron chi connectivity index (χ1n) is 5.96. The van der Waals surface area contributed by atoms with Crippen molar-refractivity contribution in [2.75, 3.05) is 7.11 Å². The van der Waals surface area contributed by atoms with Crippen LogP contribution in [0.4, 0.5) is 5.69 Å². The van der Waals surface area contributed by atoms with Gasteiger partial charge in [-0.05, 0) is 34.1 Å². The summed E-state index contributed by atoms with van der Waals surface area (Å²) in [6, 6.07) is 12.1. The average Bonchev–Trinajstić information content (AvgIpc) is 2.72. The molecule has 1 aliphatic heterocycles. The monoisotopic (exact) mass is 331 g/mol. The van der Waals surface area contributed by atoms with Crippen molar-refractivity contribution < 1.29 is 14.3 Å². The number of carbonyl (C=O) groups is 1. The van der Waals surface area contributed by atoms with E-state index in [-0.39, 0.29) is 11.5 Å². The molecule has 0 aliphatic carbocycles. The van der Waals surface area contributed by atoms with Gasteiger partial charge in [0, 0.05) is 10.5 Å². The summed E-state index contributed by atoms with van der Waals surface area (Å²) in [5, 5.41) is 12.4. The first-order valence-corrected chi connectivity index (χ1v) is 6.75. The summed E-state index contributed by atoms with van der Waals surface area (Å²) >= 11 is 3.37. The van der Waals surface area contributed by atoms with E-state index in [0.717, 1.165) is 0 Å². The molecule has 0 aromatic heterocycles. The zero-order valence-electron chi connectivity index (χ0n) is 10.6. The fraction of sp³-hybridized carbons (Fsp3) is 0.0667. The van der Waals surface area contributed by atoms with Gasteiger partial charge in [-0.3, -0.25) is 4.79 Å². The Morgan fingerprint density at radius 2 is 1.90 bits per heavy atom. The van der Waals surface area contributed by atoms with Crippen LogP contribution in [0.1, 0.15) is 15.9 Å². The van der Waals surface area contributed by atoms with Crippen LogP contribution in [-0.4, -0.2) is 23.3 Å². The van der Waals surface area contributed by atoms with Gasteiger partial charge < -0.3 is 9.94 Å². The Bertz CT molecular complexity index is 753. The molecule has 0 bridgehead atoms. The van der Waals surface area contributed by atoms with Crippen LogP contribution in [-0.2, 0) is 0 Å². The van der Waals surface area contributed by atoms with Gasteiger partial charge in [-0.15, -0.1) is 0 Å². The molecular weight excluding hydrogens is 322 g/mol. The Morgan fingerprint density at radius 3 is 2.60 bits per heavy atom. The molecule has 1 heterocycles. The van der Waals surface area contributed by atoms with E-state index >= 15 is 0 Å². The summed E-state index contributed by atoms with van der Waals surface area (Å²) in [6.07, 6.45) is 0. The number of rotatable bonds is 2. The number of nitrogens with zero attached hydrogens (tertiary/aromatic N) is 1. The third-order valence-electron chi connectivity index (χ3n) is 3.22. The molecule has 0 N–H and O–H groups in total. The van der Waals surface area contributed by atoms with Crippen molar-refractivity contribution in [1.82, 2.24) is 0 Å². The van der Waals surface area contributed by atoms with Crippen molar-refractivity contribution in [2.24, 2.45) is 0 Å². The second-order valence-corrected chi connectivity index (χ2v) is 5.16. The molecule has 20 heavy (non-hydrogen) atoms. The highest BCUT2D eigenvalue weighted by Gasteiger charge is 2.39. The Labute approximate surface area is 124 Å². The average molecular weight is 332 g/mol. The highest BCUT2D eigenvalue weighted by atomic mass is 79.9. The molecule has 2 aromatic rings. The fourth-order valence-corrected chi connectivity index (χ4v) is 2.78. The molecule has 0 spiro atoms. The smallest absolute Gasteiger partial charge is 0.274 e. The number of fused-ring (bicyclic) bond motifs is 1. The highest BCUT2D eigenvalue weighted by molar-refractivity contribution is 9.10. The second-order valence-electron chi connectivity index (χ2n) is 4.31. The van der Waals surface area contributed by atoms with E-state index in [2.05, 4.69) is 15.9 Å². The summed E-state index contributed by atoms with van der Waals surface area (Å²) in [6.45, 7) is 0. The third kappa shape index (κ3) is 1.74. The van der Waals surface area contributed by atoms with Gasteiger partial charge in [0.25, 0.3) is 11.5 Å². The number of carbonyl (C=O) groups excluding carboxylic acids is 1. The first kappa shape index (κ1) is 12.9. The van der Waals surface area contributed by atoms with Crippen molar-refractivity contribution >= 4 is 33.1 Å². The predicted molar refractivity (Wildman–Crippen MR) is 78.9 cm³/mol. The number of ether oxygens (including phenoxy) is 1. The zero-order valence-corrected chi connectivity index (χ0v) is 12.2. The highest BCUT2D eigenvalue weighted by Crippen LogP contribution is 2.35. The fourth-order valence-electron chi connectivity index (χ4n) is 2.30. The Morgan fingerprint density at radius 1 is 1.15 bits per heavy atom. The first-order chi connectivity index (χ1) is 9.65.